The highest BCUT2D eigenvalue weighted by Gasteiger charge is 2.45. The zero-order valence-corrected chi connectivity index (χ0v) is 17.4. The lowest BCUT2D eigenvalue weighted by molar-refractivity contribution is -0.0330. The van der Waals surface area contributed by atoms with Crippen molar-refractivity contribution >= 4 is 5.91 Å². The third kappa shape index (κ3) is 3.68. The van der Waals surface area contributed by atoms with Crippen LogP contribution in [0.4, 0.5) is 8.78 Å². The summed E-state index contributed by atoms with van der Waals surface area (Å²) in [6, 6.07) is 5.76. The molecule has 3 aromatic rings. The second-order valence-electron chi connectivity index (χ2n) is 8.20. The molecule has 164 valence electrons. The quantitative estimate of drug-likeness (QED) is 0.621. The predicted molar refractivity (Wildman–Crippen MR) is 111 cm³/mol. The number of fused-ring (bicyclic) bond motifs is 3. The molecule has 1 saturated carbocycles. The fourth-order valence-electron chi connectivity index (χ4n) is 4.66. The number of hydrogen-bond acceptors (Lipinski definition) is 6. The van der Waals surface area contributed by atoms with Crippen LogP contribution in [0.3, 0.4) is 0 Å². The molecule has 1 aromatic carbocycles. The minimum atomic E-state index is -0.776. The van der Waals surface area contributed by atoms with Crippen LogP contribution in [-0.4, -0.2) is 49.4 Å². The fourth-order valence-corrected chi connectivity index (χ4v) is 4.66. The standard InChI is InChI=1S/C23H21F2N5O2/c1-13-11-28-22(20(25)29-13)32-18-10-14-6-7-17(18)30(12-14)23(31)19-15(4-2-5-16(19)24)21-26-8-3-9-27-21/h2-5,8-9,11,14,17-18H,6-7,10,12H2,1H3. The van der Waals surface area contributed by atoms with Gasteiger partial charge in [-0.3, -0.25) is 4.79 Å². The molecule has 0 N–H and O–H groups in total. The van der Waals surface area contributed by atoms with Gasteiger partial charge in [0.1, 0.15) is 11.9 Å². The molecule has 3 unspecified atom stereocenters. The van der Waals surface area contributed by atoms with E-state index in [0.29, 0.717) is 30.6 Å². The molecule has 2 aliphatic heterocycles. The van der Waals surface area contributed by atoms with Crippen molar-refractivity contribution in [1.82, 2.24) is 24.8 Å². The summed E-state index contributed by atoms with van der Waals surface area (Å²) in [5.74, 6) is -1.56. The number of aryl methyl sites for hydroxylation is 1. The monoisotopic (exact) mass is 437 g/mol. The van der Waals surface area contributed by atoms with Crippen molar-refractivity contribution in [1.29, 1.82) is 0 Å². The maximum atomic E-state index is 14.9. The van der Waals surface area contributed by atoms with Crippen molar-refractivity contribution in [2.24, 2.45) is 5.92 Å². The number of nitrogens with zero attached hydrogens (tertiary/aromatic N) is 5. The molecule has 4 heterocycles. The second-order valence-corrected chi connectivity index (χ2v) is 8.20. The van der Waals surface area contributed by atoms with Crippen LogP contribution >= 0.6 is 0 Å². The Morgan fingerprint density at radius 2 is 1.94 bits per heavy atom. The van der Waals surface area contributed by atoms with Crippen molar-refractivity contribution in [2.45, 2.75) is 38.3 Å². The summed E-state index contributed by atoms with van der Waals surface area (Å²) < 4.78 is 35.0. The number of halogens is 2. The van der Waals surface area contributed by atoms with Gasteiger partial charge in [-0.1, -0.05) is 12.1 Å². The third-order valence-corrected chi connectivity index (χ3v) is 6.10. The van der Waals surface area contributed by atoms with Gasteiger partial charge in [-0.2, -0.15) is 4.39 Å². The first-order valence-electron chi connectivity index (χ1n) is 10.5. The Balaban J connectivity index is 1.46. The molecule has 0 radical (unpaired) electrons. The number of piperidine rings is 2. The summed E-state index contributed by atoms with van der Waals surface area (Å²) in [5, 5.41) is 0. The first-order chi connectivity index (χ1) is 15.5. The van der Waals surface area contributed by atoms with Crippen LogP contribution in [-0.2, 0) is 0 Å². The van der Waals surface area contributed by atoms with Crippen LogP contribution in [0.15, 0.2) is 42.9 Å². The maximum absolute atomic E-state index is 14.9. The summed E-state index contributed by atoms with van der Waals surface area (Å²) in [6.45, 7) is 2.14. The van der Waals surface area contributed by atoms with E-state index in [1.54, 1.807) is 36.4 Å². The number of hydrogen-bond donors (Lipinski definition) is 0. The van der Waals surface area contributed by atoms with Crippen LogP contribution in [0, 0.1) is 24.6 Å². The molecule has 1 amide bonds. The molecule has 3 fully saturated rings. The Labute approximate surface area is 183 Å². The van der Waals surface area contributed by atoms with Gasteiger partial charge in [0.15, 0.2) is 5.82 Å². The van der Waals surface area contributed by atoms with E-state index in [0.717, 1.165) is 6.42 Å². The molecule has 0 spiro atoms. The van der Waals surface area contributed by atoms with E-state index in [2.05, 4.69) is 19.9 Å². The van der Waals surface area contributed by atoms with Crippen LogP contribution in [0.1, 0.15) is 35.3 Å². The summed E-state index contributed by atoms with van der Waals surface area (Å²) in [5.41, 5.74) is 0.725. The van der Waals surface area contributed by atoms with Gasteiger partial charge in [0.25, 0.3) is 17.7 Å². The number of rotatable bonds is 4. The highest BCUT2D eigenvalue weighted by atomic mass is 19.1. The first-order valence-corrected chi connectivity index (χ1v) is 10.5. The van der Waals surface area contributed by atoms with Gasteiger partial charge >= 0.3 is 0 Å². The Bertz CT molecular complexity index is 1160. The average molecular weight is 437 g/mol. The Hall–Kier alpha value is -3.49. The van der Waals surface area contributed by atoms with Gasteiger partial charge in [-0.15, -0.1) is 0 Å². The highest BCUT2D eigenvalue weighted by Crippen LogP contribution is 2.39. The Morgan fingerprint density at radius 1 is 1.12 bits per heavy atom. The number of ether oxygens (including phenoxy) is 1. The molecule has 1 aliphatic carbocycles. The molecule has 3 atom stereocenters. The third-order valence-electron chi connectivity index (χ3n) is 6.10. The molecule has 32 heavy (non-hydrogen) atoms. The second kappa shape index (κ2) is 8.22. The van der Waals surface area contributed by atoms with Crippen molar-refractivity contribution in [3.63, 3.8) is 0 Å². The van der Waals surface area contributed by atoms with E-state index in [4.69, 9.17) is 4.74 Å². The van der Waals surface area contributed by atoms with Crippen molar-refractivity contribution in [2.75, 3.05) is 6.54 Å². The summed E-state index contributed by atoms with van der Waals surface area (Å²) >= 11 is 0. The topological polar surface area (TPSA) is 81.1 Å². The van der Waals surface area contributed by atoms with Crippen LogP contribution < -0.4 is 4.74 Å². The van der Waals surface area contributed by atoms with E-state index in [-0.39, 0.29) is 29.2 Å². The van der Waals surface area contributed by atoms with Crippen LogP contribution in [0.2, 0.25) is 0 Å². The largest absolute Gasteiger partial charge is 0.469 e. The van der Waals surface area contributed by atoms with Gasteiger partial charge in [0.05, 0.1) is 23.5 Å². The Morgan fingerprint density at radius 3 is 2.69 bits per heavy atom. The van der Waals surface area contributed by atoms with E-state index >= 15 is 0 Å². The maximum Gasteiger partial charge on any atom is 0.275 e. The molecular weight excluding hydrogens is 416 g/mol. The van der Waals surface area contributed by atoms with Crippen molar-refractivity contribution in [3.8, 4) is 17.3 Å². The van der Waals surface area contributed by atoms with Gasteiger partial charge in [0, 0.05) is 24.5 Å². The minimum absolute atomic E-state index is 0.0636. The lowest BCUT2D eigenvalue weighted by Gasteiger charge is -2.49. The van der Waals surface area contributed by atoms with Gasteiger partial charge in [-0.25, -0.2) is 24.3 Å². The van der Waals surface area contributed by atoms with Gasteiger partial charge in [-0.05, 0) is 44.2 Å². The number of carbonyl (C=O) groups excluding carboxylic acids is 1. The average Bonchev–Trinajstić information content (AvgIpc) is 2.81. The molecule has 2 saturated heterocycles. The van der Waals surface area contributed by atoms with Gasteiger partial charge < -0.3 is 9.64 Å². The van der Waals surface area contributed by atoms with E-state index in [9.17, 15) is 13.6 Å². The van der Waals surface area contributed by atoms with Crippen molar-refractivity contribution < 1.29 is 18.3 Å². The van der Waals surface area contributed by atoms with Crippen LogP contribution in [0.25, 0.3) is 11.4 Å². The Kier molecular flexibility index (Phi) is 5.24. The summed E-state index contributed by atoms with van der Waals surface area (Å²) in [4.78, 5) is 31.4. The first kappa shape index (κ1) is 20.4. The molecule has 2 aromatic heterocycles. The predicted octanol–water partition coefficient (Wildman–Crippen LogP) is 3.59. The van der Waals surface area contributed by atoms with E-state index in [1.807, 2.05) is 0 Å². The van der Waals surface area contributed by atoms with Crippen LogP contribution in [0.5, 0.6) is 5.88 Å². The number of amides is 1. The lowest BCUT2D eigenvalue weighted by atomic mass is 9.77. The molecule has 9 heteroatoms. The van der Waals surface area contributed by atoms with Crippen molar-refractivity contribution in [3.05, 3.63) is 65.9 Å². The smallest absolute Gasteiger partial charge is 0.275 e. The molecule has 3 aliphatic rings. The highest BCUT2D eigenvalue weighted by molar-refractivity contribution is 6.00. The van der Waals surface area contributed by atoms with E-state index in [1.165, 1.54) is 18.3 Å². The molecule has 2 bridgehead atoms. The van der Waals surface area contributed by atoms with E-state index < -0.39 is 23.8 Å². The SMILES string of the molecule is Cc1cnc(OC2CC3CCC2N(C(=O)c2c(F)cccc2-c2ncccn2)C3)c(F)n1. The molecular formula is C23H21F2N5O2. The molecule has 6 rings (SSSR count). The normalized spacial score (nSPS) is 22.1. The summed E-state index contributed by atoms with van der Waals surface area (Å²) in [6.07, 6.45) is 6.39. The van der Waals surface area contributed by atoms with Gasteiger partial charge in [0.2, 0.25) is 0 Å². The zero-order valence-electron chi connectivity index (χ0n) is 17.4. The lowest BCUT2D eigenvalue weighted by Crippen LogP contribution is -2.59. The minimum Gasteiger partial charge on any atom is -0.469 e. The summed E-state index contributed by atoms with van der Waals surface area (Å²) in [7, 11) is 0. The zero-order chi connectivity index (χ0) is 22.2. The molecule has 7 nitrogen and oxygen atoms in total. The number of carbonyl (C=O) groups is 1. The number of aromatic nitrogens is 4. The number of benzene rings is 1. The fraction of sp³-hybridized carbons (Fsp3) is 0.348.